The van der Waals surface area contributed by atoms with Gasteiger partial charge in [-0.15, -0.1) is 0 Å². The lowest BCUT2D eigenvalue weighted by molar-refractivity contribution is -0.130. The van der Waals surface area contributed by atoms with Gasteiger partial charge in [0.2, 0.25) is 5.91 Å². The summed E-state index contributed by atoms with van der Waals surface area (Å²) >= 11 is 0. The van der Waals surface area contributed by atoms with E-state index < -0.39 is 0 Å². The molecule has 2 aromatic carbocycles. The summed E-state index contributed by atoms with van der Waals surface area (Å²) in [5, 5.41) is 0. The van der Waals surface area contributed by atoms with E-state index in [4.69, 9.17) is 0 Å². The lowest BCUT2D eigenvalue weighted by Crippen LogP contribution is -2.50. The van der Waals surface area contributed by atoms with E-state index in [2.05, 4.69) is 41.6 Å². The zero-order valence-corrected chi connectivity index (χ0v) is 16.5. The highest BCUT2D eigenvalue weighted by Crippen LogP contribution is 2.23. The Bertz CT molecular complexity index is 1060. The Labute approximate surface area is 164 Å². The van der Waals surface area contributed by atoms with Gasteiger partial charge >= 0.3 is 0 Å². The molecular weight excluding hydrogens is 352 g/mol. The van der Waals surface area contributed by atoms with Crippen molar-refractivity contribution >= 4 is 22.8 Å². The van der Waals surface area contributed by atoms with Crippen molar-refractivity contribution in [1.82, 2.24) is 19.4 Å². The second-order valence-corrected chi connectivity index (χ2v) is 7.41. The molecule has 1 fully saturated rings. The third-order valence-electron chi connectivity index (χ3n) is 5.42. The molecule has 0 N–H and O–H groups in total. The number of benzene rings is 2. The first-order chi connectivity index (χ1) is 13.4. The highest BCUT2D eigenvalue weighted by molar-refractivity contribution is 5.97. The summed E-state index contributed by atoms with van der Waals surface area (Å²) in [5.41, 5.74) is 5.91. The number of rotatable bonds is 2. The van der Waals surface area contributed by atoms with Crippen molar-refractivity contribution in [3.05, 3.63) is 59.4 Å². The van der Waals surface area contributed by atoms with E-state index in [9.17, 15) is 9.59 Å². The number of carbonyl (C=O) groups excluding carboxylic acids is 2. The van der Waals surface area contributed by atoms with Gasteiger partial charge in [0, 0.05) is 38.7 Å². The lowest BCUT2D eigenvalue weighted by atomic mass is 10.1. The lowest BCUT2D eigenvalue weighted by Gasteiger charge is -2.34. The van der Waals surface area contributed by atoms with Crippen molar-refractivity contribution in [2.75, 3.05) is 26.2 Å². The van der Waals surface area contributed by atoms with Crippen LogP contribution in [-0.4, -0.2) is 57.3 Å². The van der Waals surface area contributed by atoms with E-state index in [1.54, 1.807) is 11.8 Å². The molecule has 2 heterocycles. The summed E-state index contributed by atoms with van der Waals surface area (Å²) in [5.74, 6) is 0.0524. The maximum absolute atomic E-state index is 12.9. The topological polar surface area (TPSA) is 58.4 Å². The van der Waals surface area contributed by atoms with E-state index >= 15 is 0 Å². The van der Waals surface area contributed by atoms with Gasteiger partial charge < -0.3 is 9.80 Å². The number of amides is 2. The molecule has 6 heteroatoms. The molecule has 1 saturated heterocycles. The number of aryl methyl sites for hydroxylation is 2. The van der Waals surface area contributed by atoms with Crippen LogP contribution in [0.3, 0.4) is 0 Å². The Kier molecular flexibility index (Phi) is 4.63. The average Bonchev–Trinajstić information content (AvgIpc) is 3.10. The van der Waals surface area contributed by atoms with Crippen molar-refractivity contribution < 1.29 is 9.59 Å². The van der Waals surface area contributed by atoms with Gasteiger partial charge in [-0.1, -0.05) is 17.7 Å². The van der Waals surface area contributed by atoms with Crippen molar-refractivity contribution in [3.8, 4) is 5.69 Å². The predicted molar refractivity (Wildman–Crippen MR) is 109 cm³/mol. The van der Waals surface area contributed by atoms with Crippen molar-refractivity contribution in [2.45, 2.75) is 20.8 Å². The zero-order valence-electron chi connectivity index (χ0n) is 16.5. The summed E-state index contributed by atoms with van der Waals surface area (Å²) in [6.07, 6.45) is 1.81. The van der Waals surface area contributed by atoms with E-state index in [0.717, 1.165) is 16.7 Å². The Balaban J connectivity index is 1.59. The Morgan fingerprint density at radius 2 is 1.64 bits per heavy atom. The molecule has 0 aliphatic carbocycles. The standard InChI is InChI=1S/C22H24N4O2/c1-15-4-6-20(16(2)12-15)26-14-23-19-13-18(5-7-21(19)26)22(28)25-10-8-24(9-11-25)17(3)27/h4-7,12-14H,8-11H2,1-3H3. The summed E-state index contributed by atoms with van der Waals surface area (Å²) in [6, 6.07) is 12.0. The van der Waals surface area contributed by atoms with Crippen molar-refractivity contribution in [1.29, 1.82) is 0 Å². The molecule has 0 spiro atoms. The quantitative estimate of drug-likeness (QED) is 0.691. The molecule has 0 radical (unpaired) electrons. The summed E-state index contributed by atoms with van der Waals surface area (Å²) in [7, 11) is 0. The summed E-state index contributed by atoms with van der Waals surface area (Å²) < 4.78 is 2.06. The van der Waals surface area contributed by atoms with Gasteiger partial charge in [0.25, 0.3) is 5.91 Å². The van der Waals surface area contributed by atoms with Crippen LogP contribution in [0.4, 0.5) is 0 Å². The van der Waals surface area contributed by atoms with Gasteiger partial charge in [-0.25, -0.2) is 4.98 Å². The minimum Gasteiger partial charge on any atom is -0.339 e. The molecule has 144 valence electrons. The van der Waals surface area contributed by atoms with Crippen LogP contribution in [-0.2, 0) is 4.79 Å². The van der Waals surface area contributed by atoms with Crippen LogP contribution < -0.4 is 0 Å². The van der Waals surface area contributed by atoms with E-state index in [1.165, 1.54) is 11.1 Å². The first-order valence-corrected chi connectivity index (χ1v) is 9.53. The van der Waals surface area contributed by atoms with Gasteiger partial charge in [0.15, 0.2) is 0 Å². The van der Waals surface area contributed by atoms with Crippen LogP contribution in [0.1, 0.15) is 28.4 Å². The smallest absolute Gasteiger partial charge is 0.254 e. The van der Waals surface area contributed by atoms with E-state index in [1.807, 2.05) is 29.4 Å². The third-order valence-corrected chi connectivity index (χ3v) is 5.42. The Morgan fingerprint density at radius 3 is 2.32 bits per heavy atom. The SMILES string of the molecule is CC(=O)N1CCN(C(=O)c2ccc3c(c2)ncn3-c2ccc(C)cc2C)CC1. The maximum Gasteiger partial charge on any atom is 0.254 e. The van der Waals surface area contributed by atoms with Crippen LogP contribution in [0.25, 0.3) is 16.7 Å². The minimum atomic E-state index is -0.00818. The molecule has 0 unspecified atom stereocenters. The fourth-order valence-electron chi connectivity index (χ4n) is 3.82. The molecule has 0 saturated carbocycles. The molecule has 3 aromatic rings. The Hall–Kier alpha value is -3.15. The molecular formula is C22H24N4O2. The average molecular weight is 376 g/mol. The minimum absolute atomic E-state index is 0.00818. The number of hydrogen-bond donors (Lipinski definition) is 0. The molecule has 2 amide bonds. The monoisotopic (exact) mass is 376 g/mol. The Morgan fingerprint density at radius 1 is 0.929 bits per heavy atom. The van der Waals surface area contributed by atoms with Gasteiger partial charge in [-0.2, -0.15) is 0 Å². The molecule has 1 aliphatic heterocycles. The molecule has 1 aromatic heterocycles. The summed E-state index contributed by atoms with van der Waals surface area (Å²) in [4.78, 5) is 32.4. The second kappa shape index (κ2) is 7.11. The molecule has 28 heavy (non-hydrogen) atoms. The van der Waals surface area contributed by atoms with Crippen LogP contribution in [0.5, 0.6) is 0 Å². The van der Waals surface area contributed by atoms with Crippen molar-refractivity contribution in [2.24, 2.45) is 0 Å². The van der Waals surface area contributed by atoms with Gasteiger partial charge in [-0.05, 0) is 43.7 Å². The largest absolute Gasteiger partial charge is 0.339 e. The number of piperazine rings is 1. The van der Waals surface area contributed by atoms with Crippen LogP contribution in [0.2, 0.25) is 0 Å². The zero-order chi connectivity index (χ0) is 19.8. The molecule has 0 bridgehead atoms. The molecule has 0 atom stereocenters. The number of nitrogens with zero attached hydrogens (tertiary/aromatic N) is 4. The fraction of sp³-hybridized carbons (Fsp3) is 0.318. The highest BCUT2D eigenvalue weighted by atomic mass is 16.2. The summed E-state index contributed by atoms with van der Waals surface area (Å²) in [6.45, 7) is 8.04. The number of hydrogen-bond acceptors (Lipinski definition) is 3. The normalized spacial score (nSPS) is 14.5. The molecule has 6 nitrogen and oxygen atoms in total. The van der Waals surface area contributed by atoms with Crippen LogP contribution in [0, 0.1) is 13.8 Å². The van der Waals surface area contributed by atoms with Gasteiger partial charge in [0.05, 0.1) is 16.7 Å². The molecule has 1 aliphatic rings. The predicted octanol–water partition coefficient (Wildman–Crippen LogP) is 2.95. The van der Waals surface area contributed by atoms with Crippen molar-refractivity contribution in [3.63, 3.8) is 0 Å². The first-order valence-electron chi connectivity index (χ1n) is 9.53. The van der Waals surface area contributed by atoms with E-state index in [-0.39, 0.29) is 11.8 Å². The molecule has 4 rings (SSSR count). The van der Waals surface area contributed by atoms with Crippen LogP contribution in [0.15, 0.2) is 42.7 Å². The first kappa shape index (κ1) is 18.2. The van der Waals surface area contributed by atoms with E-state index in [0.29, 0.717) is 31.7 Å². The number of aromatic nitrogens is 2. The highest BCUT2D eigenvalue weighted by Gasteiger charge is 2.23. The second-order valence-electron chi connectivity index (χ2n) is 7.41. The fourth-order valence-corrected chi connectivity index (χ4v) is 3.82. The van der Waals surface area contributed by atoms with Gasteiger partial charge in [-0.3, -0.25) is 14.2 Å². The number of carbonyl (C=O) groups is 2. The number of imidazole rings is 1. The van der Waals surface area contributed by atoms with Gasteiger partial charge in [0.1, 0.15) is 6.33 Å². The maximum atomic E-state index is 12.9. The van der Waals surface area contributed by atoms with Crippen LogP contribution >= 0.6 is 0 Å². The number of fused-ring (bicyclic) bond motifs is 1. The third kappa shape index (κ3) is 3.26.